The predicted octanol–water partition coefficient (Wildman–Crippen LogP) is 3.95. The highest BCUT2D eigenvalue weighted by Crippen LogP contribution is 2.37. The number of rotatable bonds is 2. The summed E-state index contributed by atoms with van der Waals surface area (Å²) in [4.78, 5) is 12.5. The number of carbonyl (C=O) groups excluding carboxylic acids is 1. The summed E-state index contributed by atoms with van der Waals surface area (Å²) in [5, 5.41) is 6.54. The maximum absolute atomic E-state index is 12.5. The van der Waals surface area contributed by atoms with E-state index in [1.165, 1.54) is 36.9 Å². The number of benzene rings is 1. The largest absolute Gasteiger partial charge is 0.385 e. The molecule has 1 aliphatic carbocycles. The first kappa shape index (κ1) is 13.5. The van der Waals surface area contributed by atoms with Gasteiger partial charge in [-0.2, -0.15) is 0 Å². The lowest BCUT2D eigenvalue weighted by atomic mass is 9.75. The minimum absolute atomic E-state index is 0.179. The van der Waals surface area contributed by atoms with Gasteiger partial charge in [0.25, 0.3) is 0 Å². The molecule has 1 saturated carbocycles. The molecule has 1 aliphatic heterocycles. The van der Waals surface area contributed by atoms with Gasteiger partial charge in [-0.15, -0.1) is 0 Å². The van der Waals surface area contributed by atoms with E-state index in [1.807, 2.05) is 6.07 Å². The van der Waals surface area contributed by atoms with Crippen LogP contribution in [0.4, 0.5) is 11.4 Å². The average molecular weight is 272 g/mol. The van der Waals surface area contributed by atoms with Crippen LogP contribution in [-0.2, 0) is 11.2 Å². The molecule has 2 aliphatic rings. The molecule has 0 spiro atoms. The van der Waals surface area contributed by atoms with Crippen LogP contribution in [0.25, 0.3) is 0 Å². The van der Waals surface area contributed by atoms with Gasteiger partial charge in [-0.1, -0.05) is 32.3 Å². The maximum atomic E-state index is 12.5. The number of aryl methyl sites for hydroxylation is 1. The third-order valence-corrected chi connectivity index (χ3v) is 4.81. The normalized spacial score (nSPS) is 20.6. The van der Waals surface area contributed by atoms with E-state index < -0.39 is 0 Å². The van der Waals surface area contributed by atoms with Crippen LogP contribution in [0.15, 0.2) is 18.2 Å². The summed E-state index contributed by atoms with van der Waals surface area (Å²) in [7, 11) is 0. The van der Waals surface area contributed by atoms with E-state index in [9.17, 15) is 4.79 Å². The van der Waals surface area contributed by atoms with Gasteiger partial charge in [-0.25, -0.2) is 0 Å². The first-order chi connectivity index (χ1) is 9.67. The summed E-state index contributed by atoms with van der Waals surface area (Å²) in [6, 6.07) is 6.26. The van der Waals surface area contributed by atoms with Crippen molar-refractivity contribution < 1.29 is 4.79 Å². The minimum atomic E-state index is -0.179. The Labute approximate surface area is 121 Å². The van der Waals surface area contributed by atoms with Crippen LogP contribution in [0, 0.1) is 5.41 Å². The van der Waals surface area contributed by atoms with Crippen molar-refractivity contribution >= 4 is 17.3 Å². The van der Waals surface area contributed by atoms with E-state index in [4.69, 9.17) is 0 Å². The molecule has 0 unspecified atom stereocenters. The zero-order chi connectivity index (χ0) is 14.0. The van der Waals surface area contributed by atoms with Crippen LogP contribution in [0.2, 0.25) is 0 Å². The molecule has 0 aromatic heterocycles. The van der Waals surface area contributed by atoms with Crippen LogP contribution in [0.1, 0.15) is 51.0 Å². The Morgan fingerprint density at radius 2 is 2.00 bits per heavy atom. The van der Waals surface area contributed by atoms with Crippen molar-refractivity contribution in [3.8, 4) is 0 Å². The van der Waals surface area contributed by atoms with Crippen LogP contribution in [0.3, 0.4) is 0 Å². The van der Waals surface area contributed by atoms with Crippen LogP contribution < -0.4 is 10.6 Å². The van der Waals surface area contributed by atoms with Gasteiger partial charge in [0.05, 0.1) is 0 Å². The minimum Gasteiger partial charge on any atom is -0.385 e. The zero-order valence-corrected chi connectivity index (χ0v) is 12.3. The van der Waals surface area contributed by atoms with Crippen molar-refractivity contribution in [2.45, 2.75) is 51.9 Å². The zero-order valence-electron chi connectivity index (χ0n) is 12.3. The van der Waals surface area contributed by atoms with Crippen molar-refractivity contribution in [2.75, 3.05) is 17.2 Å². The maximum Gasteiger partial charge on any atom is 0.230 e. The lowest BCUT2D eigenvalue weighted by molar-refractivity contribution is -0.126. The molecule has 0 saturated heterocycles. The number of anilines is 2. The second kappa shape index (κ2) is 5.47. The summed E-state index contributed by atoms with van der Waals surface area (Å²) < 4.78 is 0. The molecular weight excluding hydrogens is 248 g/mol. The van der Waals surface area contributed by atoms with Crippen LogP contribution >= 0.6 is 0 Å². The Balaban J connectivity index is 1.72. The summed E-state index contributed by atoms with van der Waals surface area (Å²) in [5.74, 6) is 0.188. The molecule has 0 radical (unpaired) electrons. The van der Waals surface area contributed by atoms with E-state index in [1.54, 1.807) is 0 Å². The Hall–Kier alpha value is -1.51. The average Bonchev–Trinajstić information content (AvgIpc) is 2.48. The van der Waals surface area contributed by atoms with Gasteiger partial charge in [0.15, 0.2) is 0 Å². The molecule has 1 heterocycles. The van der Waals surface area contributed by atoms with Crippen molar-refractivity contribution in [3.05, 3.63) is 23.8 Å². The second-order valence-electron chi connectivity index (χ2n) is 6.48. The van der Waals surface area contributed by atoms with Crippen molar-refractivity contribution in [2.24, 2.45) is 5.41 Å². The van der Waals surface area contributed by atoms with Gasteiger partial charge in [0, 0.05) is 23.3 Å². The Morgan fingerprint density at radius 1 is 1.20 bits per heavy atom. The number of fused-ring (bicyclic) bond motifs is 1. The Bertz CT molecular complexity index is 504. The SMILES string of the molecule is CC1(C(=O)Nc2ccc3c(c2)NCCC3)CCCCC1. The van der Waals surface area contributed by atoms with Gasteiger partial charge in [-0.05, 0) is 43.4 Å². The molecule has 20 heavy (non-hydrogen) atoms. The van der Waals surface area contributed by atoms with Crippen molar-refractivity contribution in [1.29, 1.82) is 0 Å². The van der Waals surface area contributed by atoms with Gasteiger partial charge < -0.3 is 10.6 Å². The Kier molecular flexibility index (Phi) is 3.68. The van der Waals surface area contributed by atoms with Gasteiger partial charge in [0.2, 0.25) is 5.91 Å². The summed E-state index contributed by atoms with van der Waals surface area (Å²) >= 11 is 0. The molecule has 3 heteroatoms. The highest BCUT2D eigenvalue weighted by molar-refractivity contribution is 5.95. The molecule has 1 fully saturated rings. The quantitative estimate of drug-likeness (QED) is 0.855. The number of carbonyl (C=O) groups is 1. The third-order valence-electron chi connectivity index (χ3n) is 4.81. The third kappa shape index (κ3) is 2.67. The van der Waals surface area contributed by atoms with Crippen LogP contribution in [-0.4, -0.2) is 12.5 Å². The molecule has 3 rings (SSSR count). The first-order valence-electron chi connectivity index (χ1n) is 7.86. The molecule has 1 aromatic carbocycles. The lowest BCUT2D eigenvalue weighted by Gasteiger charge is -2.32. The number of hydrogen-bond donors (Lipinski definition) is 2. The molecule has 108 valence electrons. The molecule has 3 nitrogen and oxygen atoms in total. The van der Waals surface area contributed by atoms with Gasteiger partial charge in [-0.3, -0.25) is 4.79 Å². The fourth-order valence-corrected chi connectivity index (χ4v) is 3.38. The molecule has 1 aromatic rings. The highest BCUT2D eigenvalue weighted by atomic mass is 16.2. The predicted molar refractivity (Wildman–Crippen MR) is 83.1 cm³/mol. The first-order valence-corrected chi connectivity index (χ1v) is 7.86. The number of hydrogen-bond acceptors (Lipinski definition) is 2. The van der Waals surface area contributed by atoms with Crippen molar-refractivity contribution in [1.82, 2.24) is 0 Å². The molecule has 1 amide bonds. The monoisotopic (exact) mass is 272 g/mol. The van der Waals surface area contributed by atoms with Crippen molar-refractivity contribution in [3.63, 3.8) is 0 Å². The fraction of sp³-hybridized carbons (Fsp3) is 0.588. The van der Waals surface area contributed by atoms with E-state index in [-0.39, 0.29) is 11.3 Å². The van der Waals surface area contributed by atoms with E-state index >= 15 is 0 Å². The standard InChI is InChI=1S/C17H24N2O/c1-17(9-3-2-4-10-17)16(20)19-14-8-7-13-6-5-11-18-15(13)12-14/h7-8,12,18H,2-6,9-11H2,1H3,(H,19,20). The van der Waals surface area contributed by atoms with E-state index in [2.05, 4.69) is 29.7 Å². The smallest absolute Gasteiger partial charge is 0.230 e. The summed E-state index contributed by atoms with van der Waals surface area (Å²) in [6.07, 6.45) is 7.98. The summed E-state index contributed by atoms with van der Waals surface area (Å²) in [5.41, 5.74) is 3.29. The molecule has 0 bridgehead atoms. The molecule has 0 atom stereocenters. The molecular formula is C17H24N2O. The fourth-order valence-electron chi connectivity index (χ4n) is 3.38. The number of amides is 1. The number of nitrogens with one attached hydrogen (secondary N) is 2. The Morgan fingerprint density at radius 3 is 2.80 bits per heavy atom. The second-order valence-corrected chi connectivity index (χ2v) is 6.48. The lowest BCUT2D eigenvalue weighted by Crippen LogP contribution is -2.35. The van der Waals surface area contributed by atoms with Crippen LogP contribution in [0.5, 0.6) is 0 Å². The van der Waals surface area contributed by atoms with E-state index in [0.29, 0.717) is 0 Å². The van der Waals surface area contributed by atoms with E-state index in [0.717, 1.165) is 31.5 Å². The molecule has 2 N–H and O–H groups in total. The highest BCUT2D eigenvalue weighted by Gasteiger charge is 2.34. The van der Waals surface area contributed by atoms with Gasteiger partial charge >= 0.3 is 0 Å². The summed E-state index contributed by atoms with van der Waals surface area (Å²) in [6.45, 7) is 3.14. The van der Waals surface area contributed by atoms with Gasteiger partial charge in [0.1, 0.15) is 0 Å². The topological polar surface area (TPSA) is 41.1 Å².